The summed E-state index contributed by atoms with van der Waals surface area (Å²) >= 11 is 4.18. The van der Waals surface area contributed by atoms with E-state index in [1.165, 1.54) is 87.6 Å². The minimum atomic E-state index is -1.08. The third-order valence-corrected chi connectivity index (χ3v) is 33.4. The number of unbranched alkanes of at least 4 members (excludes halogenated alkanes) is 4. The third kappa shape index (κ3) is 51.2. The molecular weight excluding hydrogens is 1640 g/mol. The van der Waals surface area contributed by atoms with Crippen molar-refractivity contribution in [3.05, 3.63) is 0 Å². The second-order valence-electron chi connectivity index (χ2n) is 29.1. The van der Waals surface area contributed by atoms with Crippen molar-refractivity contribution in [1.29, 1.82) is 0 Å². The molecule has 2 fully saturated rings. The Kier molecular flexibility index (Phi) is 59.7. The summed E-state index contributed by atoms with van der Waals surface area (Å²) in [5.74, 6) is -1.57. The van der Waals surface area contributed by atoms with E-state index >= 15 is 0 Å². The number of amides is 6. The monoisotopic (exact) mass is 1770 g/mol. The number of rotatable bonds is 57. The van der Waals surface area contributed by atoms with Crippen molar-refractivity contribution in [2.24, 2.45) is 29.1 Å². The number of hydrogen-bond donors (Lipinski definition) is 11. The quantitative estimate of drug-likeness (QED) is 0.0153. The van der Waals surface area contributed by atoms with Gasteiger partial charge in [0.25, 0.3) is 0 Å². The normalized spacial score (nSPS) is 16.9. The zero-order valence-electron chi connectivity index (χ0n) is 65.5. The maximum atomic E-state index is 12.9. The molecule has 11 atom stereocenters. The van der Waals surface area contributed by atoms with Gasteiger partial charge in [0.05, 0.1) is 4.75 Å². The highest BCUT2D eigenvalue weighted by molar-refractivity contribution is 8.78. The average molecular weight is 1770 g/mol. The van der Waals surface area contributed by atoms with Crippen molar-refractivity contribution in [2.75, 3.05) is 64.9 Å². The van der Waals surface area contributed by atoms with Gasteiger partial charge in [-0.15, -0.1) is 0 Å². The molecule has 0 saturated carbocycles. The Hall–Kier alpha value is -1.81. The van der Waals surface area contributed by atoms with Gasteiger partial charge in [0.1, 0.15) is 36.3 Å². The molecule has 0 radical (unpaired) electrons. The van der Waals surface area contributed by atoms with E-state index < -0.39 is 88.1 Å². The van der Waals surface area contributed by atoms with Crippen molar-refractivity contribution in [3.8, 4) is 0 Å². The number of carbonyl (C=O) groups excluding carboxylic acids is 6. The van der Waals surface area contributed by atoms with E-state index in [1.807, 2.05) is 24.6 Å². The van der Waals surface area contributed by atoms with Crippen LogP contribution in [0.4, 0.5) is 0 Å². The molecule has 2 saturated heterocycles. The molecule has 0 aromatic carbocycles. The average Bonchev–Trinajstić information content (AvgIpc) is 1.70. The minimum absolute atomic E-state index is 0.0503. The van der Waals surface area contributed by atoms with Gasteiger partial charge in [-0.3, -0.25) is 28.8 Å². The molecule has 2 aliphatic heterocycles. The van der Waals surface area contributed by atoms with Crippen LogP contribution >= 0.6 is 142 Å². The lowest BCUT2D eigenvalue weighted by Gasteiger charge is -2.25. The van der Waals surface area contributed by atoms with Crippen LogP contribution in [0.2, 0.25) is 0 Å². The molecule has 0 spiro atoms. The molecule has 2 aliphatic rings. The lowest BCUT2D eigenvalue weighted by atomic mass is 9.95. The first kappa shape index (κ1) is 106. The van der Waals surface area contributed by atoms with Crippen LogP contribution < -0.4 is 21.3 Å². The molecular formula is C71H126N6O18S13. The summed E-state index contributed by atoms with van der Waals surface area (Å²) < 4.78 is -0.957. The van der Waals surface area contributed by atoms with Crippen molar-refractivity contribution in [1.82, 2.24) is 31.1 Å². The zero-order valence-corrected chi connectivity index (χ0v) is 76.2. The molecule has 0 aromatic rings. The third-order valence-electron chi connectivity index (χ3n) is 16.5. The van der Waals surface area contributed by atoms with Gasteiger partial charge in [-0.05, 0) is 89.9 Å². The summed E-state index contributed by atoms with van der Waals surface area (Å²) in [6, 6.07) is -5.08. The number of carboxylic acids is 6. The van der Waals surface area contributed by atoms with Gasteiger partial charge in [-0.2, -0.15) is 12.6 Å². The predicted molar refractivity (Wildman–Crippen MR) is 466 cm³/mol. The largest absolute Gasteiger partial charge is 0.480 e. The molecule has 0 aromatic heterocycles. The number of thiol groups is 1. The minimum Gasteiger partial charge on any atom is -0.480 e. The standard InChI is InChI=1S/C28H48N2O6S4.C23H42N2O6S5.C20H36N2O6S4/c1-19(2)9-5-6-10-22(40-39-18-21(4)26(32)30-15-8-12-24(30)28(35)36)13-16-37-38-17-20(3)25(31)29-14-7-11-23(29)27(33)34;1-7-8-9-10-15(36-35-14-17(19(28)29)24-20(30)22(2,3)4)11-12-33-34-13-16(18(26)27)25-21(31)23(5,6)32;1-13(2)7-5-6-8-16(32-31-12-18(20(27)28)22-15(4)24)9-10-29-30-11-17(19(25)26)21-14(3)23/h19-24H,5-18H2,1-4H3,(H,33,34)(H,35,36);15-17,32H,7-14H2,1-6H3,(H,24,30)(H,25,31)(H,26,27)(H,28,29);13,16-18H,5-12H2,1-4H3,(H,21,23)(H,22,24)(H,25,26)(H,27,28). The van der Waals surface area contributed by atoms with E-state index in [2.05, 4.69) is 68.5 Å². The second-order valence-corrected chi connectivity index (χ2v) is 46.3. The van der Waals surface area contributed by atoms with Crippen LogP contribution in [-0.2, 0) is 57.5 Å². The van der Waals surface area contributed by atoms with Crippen LogP contribution in [0.25, 0.3) is 0 Å². The van der Waals surface area contributed by atoms with Crippen molar-refractivity contribution >= 4 is 213 Å². The Labute approximate surface area is 696 Å². The zero-order chi connectivity index (χ0) is 82.1. The van der Waals surface area contributed by atoms with E-state index in [9.17, 15) is 83.1 Å². The summed E-state index contributed by atoms with van der Waals surface area (Å²) in [5.41, 5.74) is -0.658. The van der Waals surface area contributed by atoms with Crippen LogP contribution in [0.5, 0.6) is 0 Å². The Morgan fingerprint density at radius 1 is 0.407 bits per heavy atom. The number of nitrogens with zero attached hydrogens (tertiary/aromatic N) is 2. The fraction of sp³-hybridized carbons (Fsp3) is 0.831. The van der Waals surface area contributed by atoms with Gasteiger partial charge in [-0.1, -0.05) is 257 Å². The van der Waals surface area contributed by atoms with Gasteiger partial charge >= 0.3 is 35.8 Å². The van der Waals surface area contributed by atoms with Gasteiger partial charge in [0.15, 0.2) is 0 Å². The van der Waals surface area contributed by atoms with E-state index in [0.29, 0.717) is 70.8 Å². The first-order chi connectivity index (χ1) is 50.6. The van der Waals surface area contributed by atoms with E-state index in [0.717, 1.165) is 101 Å². The van der Waals surface area contributed by atoms with Crippen LogP contribution in [0.1, 0.15) is 219 Å². The summed E-state index contributed by atoms with van der Waals surface area (Å²) in [5, 5.41) is 67.2. The first-order valence-electron chi connectivity index (χ1n) is 37.1. The Bertz CT molecular complexity index is 2690. The number of carboxylic acid groups (broad SMARTS) is 6. The fourth-order valence-corrected chi connectivity index (χ4v) is 26.6. The van der Waals surface area contributed by atoms with Crippen LogP contribution in [0, 0.1) is 29.1 Å². The molecule has 24 nitrogen and oxygen atoms in total. The molecule has 626 valence electrons. The molecule has 0 aliphatic carbocycles. The van der Waals surface area contributed by atoms with E-state index in [1.54, 1.807) is 115 Å². The van der Waals surface area contributed by atoms with Gasteiger partial charge in [0, 0.05) is 112 Å². The Morgan fingerprint density at radius 2 is 0.704 bits per heavy atom. The fourth-order valence-electron chi connectivity index (χ4n) is 10.1. The Balaban J connectivity index is 0.00000160. The lowest BCUT2D eigenvalue weighted by molar-refractivity contribution is -0.149. The number of aliphatic carboxylic acids is 6. The van der Waals surface area contributed by atoms with Crippen LogP contribution in [-0.4, -0.2) is 233 Å². The van der Waals surface area contributed by atoms with Crippen LogP contribution in [0.3, 0.4) is 0 Å². The van der Waals surface area contributed by atoms with Gasteiger partial charge < -0.3 is 61.7 Å². The second kappa shape index (κ2) is 60.7. The molecule has 2 rings (SSSR count). The SMILES string of the molecule is CC(=O)NC(CSSCCC(CCCCC(C)C)SSCC(NC(C)=O)C(=O)O)C(=O)O.CC(C)CCCCC(CCSSCC(C)C(=O)N1CCCC1C(=O)O)SSCC(C)C(=O)N1CCCC1C(=O)O.CCCCCC(CCSSCC(NC(=O)C(C)(C)S)C(=O)O)SSCC(NC(=O)C(C)(C)C)C(=O)O. The topological polar surface area (TPSA) is 381 Å². The van der Waals surface area contributed by atoms with Gasteiger partial charge in [-0.25, -0.2) is 28.8 Å². The molecule has 2 heterocycles. The Morgan fingerprint density at radius 3 is 1.01 bits per heavy atom. The molecule has 6 amide bonds. The highest BCUT2D eigenvalue weighted by atomic mass is 33.1. The van der Waals surface area contributed by atoms with Gasteiger partial charge in [0.2, 0.25) is 35.4 Å². The summed E-state index contributed by atoms with van der Waals surface area (Å²) in [6.45, 7) is 27.0. The van der Waals surface area contributed by atoms with E-state index in [4.69, 9.17) is 5.11 Å². The molecule has 37 heteroatoms. The highest BCUT2D eigenvalue weighted by Gasteiger charge is 2.38. The number of hydrogen-bond acceptors (Lipinski definition) is 25. The van der Waals surface area contributed by atoms with Crippen molar-refractivity contribution in [3.63, 3.8) is 0 Å². The summed E-state index contributed by atoms with van der Waals surface area (Å²) in [6.07, 6.45) is 19.0. The molecule has 0 bridgehead atoms. The number of nitrogens with one attached hydrogen (secondary N) is 4. The maximum Gasteiger partial charge on any atom is 0.327 e. The highest BCUT2D eigenvalue weighted by Crippen LogP contribution is 2.39. The first-order valence-corrected chi connectivity index (χ1v) is 52.1. The van der Waals surface area contributed by atoms with Crippen LogP contribution in [0.15, 0.2) is 0 Å². The molecule has 11 unspecified atom stereocenters. The number of likely N-dealkylation sites (tertiary alicyclic amines) is 2. The van der Waals surface area contributed by atoms with Crippen molar-refractivity contribution in [2.45, 2.75) is 276 Å². The summed E-state index contributed by atoms with van der Waals surface area (Å²) in [7, 11) is 19.3. The lowest BCUT2D eigenvalue weighted by Crippen LogP contribution is -2.48. The summed E-state index contributed by atoms with van der Waals surface area (Å²) in [4.78, 5) is 144. The maximum absolute atomic E-state index is 12.9. The molecule has 108 heavy (non-hydrogen) atoms. The van der Waals surface area contributed by atoms with E-state index in [-0.39, 0.29) is 58.6 Å². The smallest absolute Gasteiger partial charge is 0.327 e. The van der Waals surface area contributed by atoms with Crippen molar-refractivity contribution < 1.29 is 88.2 Å². The number of carbonyl (C=O) groups is 12. The predicted octanol–water partition coefficient (Wildman–Crippen LogP) is 15.0. The molecule has 10 N–H and O–H groups in total.